The summed E-state index contributed by atoms with van der Waals surface area (Å²) in [5.74, 6) is -1.80. The summed E-state index contributed by atoms with van der Waals surface area (Å²) >= 11 is 0. The second-order valence-electron chi connectivity index (χ2n) is 6.22. The van der Waals surface area contributed by atoms with Gasteiger partial charge in [-0.25, -0.2) is 10.2 Å². The van der Waals surface area contributed by atoms with Crippen molar-refractivity contribution in [1.82, 2.24) is 5.43 Å². The minimum Gasteiger partial charge on any atom is -0.463 e. The van der Waals surface area contributed by atoms with Crippen LogP contribution in [0.5, 0.6) is 0 Å². The molecule has 0 fully saturated rings. The largest absolute Gasteiger partial charge is 0.463 e. The molecule has 2 amide bonds. The van der Waals surface area contributed by atoms with Gasteiger partial charge in [0.25, 0.3) is 0 Å². The van der Waals surface area contributed by atoms with E-state index in [2.05, 4.69) is 20.6 Å². The summed E-state index contributed by atoms with van der Waals surface area (Å²) in [5.41, 5.74) is 4.40. The quantitative estimate of drug-likeness (QED) is 0.393. The molecule has 8 nitrogen and oxygen atoms in total. The van der Waals surface area contributed by atoms with Crippen LogP contribution >= 0.6 is 0 Å². The highest BCUT2D eigenvalue weighted by Gasteiger charge is 2.12. The van der Waals surface area contributed by atoms with Crippen molar-refractivity contribution in [1.29, 1.82) is 0 Å². The number of hydrogen-bond donors (Lipinski definition) is 2. The fraction of sp³-hybridized carbons (Fsp3) is 0.143. The number of nitrogens with zero attached hydrogens (tertiary/aromatic N) is 1. The van der Waals surface area contributed by atoms with E-state index < -0.39 is 24.2 Å². The van der Waals surface area contributed by atoms with E-state index in [0.29, 0.717) is 22.0 Å². The van der Waals surface area contributed by atoms with Crippen LogP contribution in [0.1, 0.15) is 22.5 Å². The van der Waals surface area contributed by atoms with E-state index in [4.69, 9.17) is 4.42 Å². The molecular formula is C21H19N3O5. The highest BCUT2D eigenvalue weighted by atomic mass is 16.5. The average Bonchev–Trinajstić information content (AvgIpc) is 2.72. The predicted octanol–water partition coefficient (Wildman–Crippen LogP) is 2.49. The van der Waals surface area contributed by atoms with Crippen LogP contribution in [-0.4, -0.2) is 24.9 Å². The van der Waals surface area contributed by atoms with Crippen LogP contribution in [0.25, 0.3) is 11.0 Å². The zero-order chi connectivity index (χ0) is 20.8. The van der Waals surface area contributed by atoms with Crippen LogP contribution < -0.4 is 16.1 Å². The molecular weight excluding hydrogens is 374 g/mol. The van der Waals surface area contributed by atoms with Crippen molar-refractivity contribution in [2.24, 2.45) is 5.10 Å². The number of benzene rings is 2. The SMILES string of the molecule is COC(=O)c1c/c(=N\NC(=O)CC(=O)Nc2ccc(C)cc2)c2ccccc2o1. The molecule has 148 valence electrons. The Kier molecular flexibility index (Phi) is 6.03. The number of fused-ring (bicyclic) bond motifs is 1. The Hall–Kier alpha value is -3.94. The number of hydrogen-bond acceptors (Lipinski definition) is 6. The summed E-state index contributed by atoms with van der Waals surface area (Å²) in [4.78, 5) is 35.9. The maximum Gasteiger partial charge on any atom is 0.374 e. The van der Waals surface area contributed by atoms with Crippen molar-refractivity contribution in [2.75, 3.05) is 12.4 Å². The van der Waals surface area contributed by atoms with Crippen molar-refractivity contribution in [3.8, 4) is 0 Å². The Morgan fingerprint density at radius 1 is 1.03 bits per heavy atom. The number of esters is 1. The lowest BCUT2D eigenvalue weighted by Crippen LogP contribution is -2.26. The van der Waals surface area contributed by atoms with E-state index in [1.165, 1.54) is 13.2 Å². The smallest absolute Gasteiger partial charge is 0.374 e. The van der Waals surface area contributed by atoms with Crippen molar-refractivity contribution < 1.29 is 23.5 Å². The normalized spacial score (nSPS) is 11.2. The first kappa shape index (κ1) is 19.8. The summed E-state index contributed by atoms with van der Waals surface area (Å²) in [6.45, 7) is 1.94. The molecule has 3 rings (SSSR count). The average molecular weight is 393 g/mol. The number of para-hydroxylation sites is 1. The van der Waals surface area contributed by atoms with E-state index in [9.17, 15) is 14.4 Å². The Balaban J connectivity index is 1.75. The molecule has 1 aromatic heterocycles. The first-order chi connectivity index (χ1) is 14.0. The third kappa shape index (κ3) is 5.07. The van der Waals surface area contributed by atoms with Gasteiger partial charge < -0.3 is 14.5 Å². The molecule has 0 aliphatic heterocycles. The van der Waals surface area contributed by atoms with Gasteiger partial charge in [0.1, 0.15) is 12.0 Å². The number of anilines is 1. The number of nitrogens with one attached hydrogen (secondary N) is 2. The molecule has 2 aromatic carbocycles. The lowest BCUT2D eigenvalue weighted by molar-refractivity contribution is -0.126. The van der Waals surface area contributed by atoms with E-state index in [0.717, 1.165) is 5.56 Å². The topological polar surface area (TPSA) is 110 Å². The van der Waals surface area contributed by atoms with Gasteiger partial charge in [0.15, 0.2) is 0 Å². The number of methoxy groups -OCH3 is 1. The zero-order valence-electron chi connectivity index (χ0n) is 15.9. The summed E-state index contributed by atoms with van der Waals surface area (Å²) < 4.78 is 10.2. The maximum atomic E-state index is 12.1. The predicted molar refractivity (Wildman–Crippen MR) is 106 cm³/mol. The fourth-order valence-electron chi connectivity index (χ4n) is 2.56. The highest BCUT2D eigenvalue weighted by Crippen LogP contribution is 2.12. The molecule has 0 atom stereocenters. The van der Waals surface area contributed by atoms with Crippen molar-refractivity contribution in [3.05, 3.63) is 71.3 Å². The molecule has 0 aliphatic carbocycles. The maximum absolute atomic E-state index is 12.1. The number of carbonyl (C=O) groups excluding carboxylic acids is 3. The van der Waals surface area contributed by atoms with Crippen LogP contribution in [-0.2, 0) is 14.3 Å². The van der Waals surface area contributed by atoms with Crippen LogP contribution in [0.4, 0.5) is 5.69 Å². The number of carbonyl (C=O) groups is 3. The molecule has 0 spiro atoms. The van der Waals surface area contributed by atoms with Crippen LogP contribution in [0.15, 0.2) is 64.1 Å². The van der Waals surface area contributed by atoms with Crippen LogP contribution in [0, 0.1) is 6.92 Å². The molecule has 29 heavy (non-hydrogen) atoms. The van der Waals surface area contributed by atoms with Crippen LogP contribution in [0.2, 0.25) is 0 Å². The summed E-state index contributed by atoms with van der Waals surface area (Å²) in [7, 11) is 1.23. The second-order valence-corrected chi connectivity index (χ2v) is 6.22. The van der Waals surface area contributed by atoms with Gasteiger partial charge in [0.2, 0.25) is 17.6 Å². The Bertz CT molecular complexity index is 1130. The number of aryl methyl sites for hydroxylation is 1. The molecule has 0 bridgehead atoms. The van der Waals surface area contributed by atoms with Gasteiger partial charge in [0, 0.05) is 17.1 Å². The third-order valence-electron chi connectivity index (χ3n) is 3.99. The lowest BCUT2D eigenvalue weighted by Gasteiger charge is -2.05. The molecule has 3 aromatic rings. The van der Waals surface area contributed by atoms with E-state index >= 15 is 0 Å². The second kappa shape index (κ2) is 8.83. The highest BCUT2D eigenvalue weighted by molar-refractivity contribution is 6.03. The molecule has 1 heterocycles. The monoisotopic (exact) mass is 393 g/mol. The molecule has 0 aliphatic rings. The molecule has 0 saturated heterocycles. The third-order valence-corrected chi connectivity index (χ3v) is 3.99. The summed E-state index contributed by atoms with van der Waals surface area (Å²) in [5, 5.41) is 7.57. The van der Waals surface area contributed by atoms with E-state index in [-0.39, 0.29) is 5.76 Å². The van der Waals surface area contributed by atoms with Gasteiger partial charge in [-0.1, -0.05) is 29.8 Å². The van der Waals surface area contributed by atoms with Crippen LogP contribution in [0.3, 0.4) is 0 Å². The minimum absolute atomic E-state index is 0.0590. The number of ether oxygens (including phenoxy) is 1. The fourth-order valence-corrected chi connectivity index (χ4v) is 2.56. The Morgan fingerprint density at radius 2 is 1.76 bits per heavy atom. The standard InChI is InChI=1S/C21H19N3O5/c1-13-7-9-14(10-8-13)22-19(25)12-20(26)24-23-16-11-18(21(27)28-2)29-17-6-4-3-5-15(16)17/h3-11H,12H2,1-2H3,(H,22,25)(H,24,26)/b23-16+. The zero-order valence-corrected chi connectivity index (χ0v) is 15.9. The van der Waals surface area contributed by atoms with E-state index in [1.54, 1.807) is 36.4 Å². The summed E-state index contributed by atoms with van der Waals surface area (Å²) in [6.07, 6.45) is -0.406. The number of amides is 2. The molecule has 0 saturated carbocycles. The van der Waals surface area contributed by atoms with E-state index in [1.807, 2.05) is 19.1 Å². The molecule has 2 N–H and O–H groups in total. The van der Waals surface area contributed by atoms with Gasteiger partial charge >= 0.3 is 5.97 Å². The first-order valence-electron chi connectivity index (χ1n) is 8.76. The Morgan fingerprint density at radius 3 is 2.48 bits per heavy atom. The van der Waals surface area contributed by atoms with Gasteiger partial charge in [-0.3, -0.25) is 9.59 Å². The first-order valence-corrected chi connectivity index (χ1v) is 8.76. The van der Waals surface area contributed by atoms with Crippen molar-refractivity contribution >= 4 is 34.4 Å². The molecule has 8 heteroatoms. The molecule has 0 unspecified atom stereocenters. The Labute approximate surface area is 166 Å². The molecule has 0 radical (unpaired) electrons. The minimum atomic E-state index is -0.670. The van der Waals surface area contributed by atoms with Gasteiger partial charge in [-0.15, -0.1) is 0 Å². The summed E-state index contributed by atoms with van der Waals surface area (Å²) in [6, 6.07) is 15.5. The van der Waals surface area contributed by atoms with Crippen molar-refractivity contribution in [3.63, 3.8) is 0 Å². The number of rotatable bonds is 5. The van der Waals surface area contributed by atoms with Crippen molar-refractivity contribution in [2.45, 2.75) is 13.3 Å². The van der Waals surface area contributed by atoms with Gasteiger partial charge in [-0.2, -0.15) is 5.10 Å². The van der Waals surface area contributed by atoms with Gasteiger partial charge in [-0.05, 0) is 31.2 Å². The van der Waals surface area contributed by atoms with Gasteiger partial charge in [0.05, 0.1) is 12.5 Å². The lowest BCUT2D eigenvalue weighted by atomic mass is 10.2.